The Morgan fingerprint density at radius 2 is 1.81 bits per heavy atom. The maximum atomic E-state index is 12.3. The summed E-state index contributed by atoms with van der Waals surface area (Å²) in [6.45, 7) is 10.2. The van der Waals surface area contributed by atoms with Crippen molar-refractivity contribution in [3.63, 3.8) is 0 Å². The van der Waals surface area contributed by atoms with Crippen LogP contribution in [0.1, 0.15) is 24.1 Å². The fourth-order valence-corrected chi connectivity index (χ4v) is 3.19. The SMILES string of the molecule is Cc1ccc([C@@H](C)NC(=O)CN2CCN(CCn3cncn3)CC2)cc1. The second kappa shape index (κ2) is 8.91. The van der Waals surface area contributed by atoms with E-state index in [0.29, 0.717) is 6.54 Å². The van der Waals surface area contributed by atoms with E-state index < -0.39 is 0 Å². The van der Waals surface area contributed by atoms with E-state index in [4.69, 9.17) is 0 Å². The molecule has 3 rings (SSSR count). The second-order valence-electron chi connectivity index (χ2n) is 6.98. The number of piperazine rings is 1. The maximum absolute atomic E-state index is 12.3. The molecule has 1 saturated heterocycles. The quantitative estimate of drug-likeness (QED) is 0.804. The molecule has 2 heterocycles. The van der Waals surface area contributed by atoms with Crippen LogP contribution in [-0.4, -0.2) is 69.7 Å². The van der Waals surface area contributed by atoms with Crippen molar-refractivity contribution in [2.75, 3.05) is 39.3 Å². The first-order valence-electron chi connectivity index (χ1n) is 9.23. The molecule has 1 atom stereocenters. The van der Waals surface area contributed by atoms with Crippen LogP contribution >= 0.6 is 0 Å². The van der Waals surface area contributed by atoms with Gasteiger partial charge in [-0.25, -0.2) is 4.98 Å². The summed E-state index contributed by atoms with van der Waals surface area (Å²) in [5, 5.41) is 7.23. The molecule has 0 radical (unpaired) electrons. The zero-order valence-electron chi connectivity index (χ0n) is 15.6. The Balaban J connectivity index is 1.37. The summed E-state index contributed by atoms with van der Waals surface area (Å²) in [5.41, 5.74) is 2.37. The minimum atomic E-state index is 0.0343. The third-order valence-corrected chi connectivity index (χ3v) is 4.90. The van der Waals surface area contributed by atoms with Gasteiger partial charge in [-0.15, -0.1) is 0 Å². The Labute approximate surface area is 155 Å². The molecule has 1 fully saturated rings. The first kappa shape index (κ1) is 18.5. The van der Waals surface area contributed by atoms with Crippen LogP contribution in [0.3, 0.4) is 0 Å². The van der Waals surface area contributed by atoms with Gasteiger partial charge in [-0.1, -0.05) is 29.8 Å². The zero-order valence-corrected chi connectivity index (χ0v) is 15.6. The molecule has 140 valence electrons. The van der Waals surface area contributed by atoms with Crippen molar-refractivity contribution in [3.05, 3.63) is 48.0 Å². The highest BCUT2D eigenvalue weighted by Crippen LogP contribution is 2.13. The Hall–Kier alpha value is -2.25. The Morgan fingerprint density at radius 1 is 1.12 bits per heavy atom. The minimum Gasteiger partial charge on any atom is -0.348 e. The van der Waals surface area contributed by atoms with Gasteiger partial charge in [0.15, 0.2) is 0 Å². The number of nitrogens with one attached hydrogen (secondary N) is 1. The lowest BCUT2D eigenvalue weighted by molar-refractivity contribution is -0.123. The summed E-state index contributed by atoms with van der Waals surface area (Å²) in [4.78, 5) is 20.9. The van der Waals surface area contributed by atoms with Crippen molar-refractivity contribution in [1.29, 1.82) is 0 Å². The molecule has 26 heavy (non-hydrogen) atoms. The summed E-state index contributed by atoms with van der Waals surface area (Å²) in [6.07, 6.45) is 3.31. The lowest BCUT2D eigenvalue weighted by Crippen LogP contribution is -2.50. The molecule has 1 amide bonds. The standard InChI is InChI=1S/C19H28N6O/c1-16-3-5-18(6-4-16)17(2)22-19(26)13-24-9-7-23(8-10-24)11-12-25-15-20-14-21-25/h3-6,14-15,17H,7-13H2,1-2H3,(H,22,26)/t17-/m1/s1. The monoisotopic (exact) mass is 356 g/mol. The third-order valence-electron chi connectivity index (χ3n) is 4.90. The average Bonchev–Trinajstić information content (AvgIpc) is 3.15. The van der Waals surface area contributed by atoms with Gasteiger partial charge in [-0.3, -0.25) is 19.3 Å². The number of aryl methyl sites for hydroxylation is 1. The predicted octanol–water partition coefficient (Wildman–Crippen LogP) is 1.08. The van der Waals surface area contributed by atoms with E-state index in [0.717, 1.165) is 44.8 Å². The zero-order chi connectivity index (χ0) is 18.4. The van der Waals surface area contributed by atoms with Gasteiger partial charge in [-0.05, 0) is 19.4 Å². The van der Waals surface area contributed by atoms with Gasteiger partial charge in [-0.2, -0.15) is 5.10 Å². The number of nitrogens with zero attached hydrogens (tertiary/aromatic N) is 5. The molecule has 0 spiro atoms. The molecular weight excluding hydrogens is 328 g/mol. The van der Waals surface area contributed by atoms with E-state index in [2.05, 4.69) is 56.4 Å². The number of amides is 1. The molecule has 0 saturated carbocycles. The number of hydrogen-bond acceptors (Lipinski definition) is 5. The molecule has 1 aromatic heterocycles. The lowest BCUT2D eigenvalue weighted by Gasteiger charge is -2.34. The van der Waals surface area contributed by atoms with Crippen LogP contribution in [-0.2, 0) is 11.3 Å². The number of rotatable bonds is 7. The fourth-order valence-electron chi connectivity index (χ4n) is 3.19. The summed E-state index contributed by atoms with van der Waals surface area (Å²) in [6, 6.07) is 8.35. The summed E-state index contributed by atoms with van der Waals surface area (Å²) in [5.74, 6) is 0.0918. The van der Waals surface area contributed by atoms with Crippen molar-refractivity contribution in [2.45, 2.75) is 26.4 Å². The van der Waals surface area contributed by atoms with Crippen molar-refractivity contribution < 1.29 is 4.79 Å². The van der Waals surface area contributed by atoms with Crippen LogP contribution in [0.5, 0.6) is 0 Å². The number of carbonyl (C=O) groups excluding carboxylic acids is 1. The van der Waals surface area contributed by atoms with Crippen molar-refractivity contribution in [2.24, 2.45) is 0 Å². The summed E-state index contributed by atoms with van der Waals surface area (Å²) < 4.78 is 1.85. The molecule has 1 aliphatic rings. The highest BCUT2D eigenvalue weighted by Gasteiger charge is 2.19. The topological polar surface area (TPSA) is 66.3 Å². The van der Waals surface area contributed by atoms with Crippen LogP contribution in [0.25, 0.3) is 0 Å². The van der Waals surface area contributed by atoms with Gasteiger partial charge in [0, 0.05) is 32.7 Å². The van der Waals surface area contributed by atoms with Gasteiger partial charge in [0.25, 0.3) is 0 Å². The number of hydrogen-bond donors (Lipinski definition) is 1. The van der Waals surface area contributed by atoms with Crippen LogP contribution in [0.15, 0.2) is 36.9 Å². The maximum Gasteiger partial charge on any atom is 0.234 e. The molecule has 1 aliphatic heterocycles. The first-order valence-corrected chi connectivity index (χ1v) is 9.23. The largest absolute Gasteiger partial charge is 0.348 e. The van der Waals surface area contributed by atoms with Crippen molar-refractivity contribution >= 4 is 5.91 Å². The average molecular weight is 356 g/mol. The van der Waals surface area contributed by atoms with Gasteiger partial charge in [0.2, 0.25) is 5.91 Å². The molecule has 0 bridgehead atoms. The second-order valence-corrected chi connectivity index (χ2v) is 6.98. The van der Waals surface area contributed by atoms with E-state index in [1.165, 1.54) is 5.56 Å². The van der Waals surface area contributed by atoms with Gasteiger partial charge < -0.3 is 5.32 Å². The molecule has 0 unspecified atom stereocenters. The lowest BCUT2D eigenvalue weighted by atomic mass is 10.1. The van der Waals surface area contributed by atoms with Crippen LogP contribution < -0.4 is 5.32 Å². The van der Waals surface area contributed by atoms with Crippen molar-refractivity contribution in [3.8, 4) is 0 Å². The summed E-state index contributed by atoms with van der Waals surface area (Å²) >= 11 is 0. The highest BCUT2D eigenvalue weighted by molar-refractivity contribution is 5.78. The fraction of sp³-hybridized carbons (Fsp3) is 0.526. The first-order chi connectivity index (χ1) is 12.6. The van der Waals surface area contributed by atoms with E-state index in [1.807, 2.05) is 11.6 Å². The predicted molar refractivity (Wildman–Crippen MR) is 101 cm³/mol. The van der Waals surface area contributed by atoms with E-state index in [-0.39, 0.29) is 11.9 Å². The van der Waals surface area contributed by atoms with Crippen LogP contribution in [0.4, 0.5) is 0 Å². The number of benzene rings is 1. The number of carbonyl (C=O) groups is 1. The normalized spacial score (nSPS) is 17.2. The number of aromatic nitrogens is 3. The highest BCUT2D eigenvalue weighted by atomic mass is 16.2. The Kier molecular flexibility index (Phi) is 6.35. The molecule has 2 aromatic rings. The van der Waals surface area contributed by atoms with Gasteiger partial charge in [0.05, 0.1) is 19.1 Å². The van der Waals surface area contributed by atoms with E-state index >= 15 is 0 Å². The van der Waals surface area contributed by atoms with E-state index in [9.17, 15) is 4.79 Å². The smallest absolute Gasteiger partial charge is 0.234 e. The van der Waals surface area contributed by atoms with Gasteiger partial charge in [0.1, 0.15) is 12.7 Å². The summed E-state index contributed by atoms with van der Waals surface area (Å²) in [7, 11) is 0. The molecule has 0 aliphatic carbocycles. The third kappa shape index (κ3) is 5.37. The minimum absolute atomic E-state index is 0.0343. The van der Waals surface area contributed by atoms with Crippen molar-refractivity contribution in [1.82, 2.24) is 29.9 Å². The Morgan fingerprint density at radius 3 is 2.46 bits per heavy atom. The van der Waals surface area contributed by atoms with Crippen LogP contribution in [0.2, 0.25) is 0 Å². The van der Waals surface area contributed by atoms with Crippen LogP contribution in [0, 0.1) is 6.92 Å². The molecular formula is C19H28N6O. The van der Waals surface area contributed by atoms with E-state index in [1.54, 1.807) is 12.7 Å². The molecule has 1 aromatic carbocycles. The van der Waals surface area contributed by atoms with Gasteiger partial charge >= 0.3 is 0 Å². The molecule has 7 nitrogen and oxygen atoms in total. The molecule has 1 N–H and O–H groups in total. The Bertz CT molecular complexity index is 677. The molecule has 7 heteroatoms.